The fraction of sp³-hybridized carbons (Fsp3) is 0.239. The van der Waals surface area contributed by atoms with Gasteiger partial charge in [0, 0.05) is 53.3 Å². The van der Waals surface area contributed by atoms with Crippen molar-refractivity contribution in [3.8, 4) is 22.4 Å². The third-order valence-electron chi connectivity index (χ3n) is 10.2. The van der Waals surface area contributed by atoms with E-state index in [0.717, 1.165) is 63.7 Å². The van der Waals surface area contributed by atoms with Gasteiger partial charge >= 0.3 is 0 Å². The molecule has 4 amide bonds. The minimum atomic E-state index is -0.531. The van der Waals surface area contributed by atoms with E-state index in [0.29, 0.717) is 30.9 Å². The molecule has 1 saturated heterocycles. The van der Waals surface area contributed by atoms with Crippen molar-refractivity contribution in [3.05, 3.63) is 139 Å². The fourth-order valence-corrected chi connectivity index (χ4v) is 7.36. The quantitative estimate of drug-likeness (QED) is 0.105. The van der Waals surface area contributed by atoms with Crippen LogP contribution in [-0.4, -0.2) is 69.1 Å². The van der Waals surface area contributed by atoms with Gasteiger partial charge in [0.15, 0.2) is 0 Å². The Morgan fingerprint density at radius 2 is 1.46 bits per heavy atom. The van der Waals surface area contributed by atoms with Crippen LogP contribution in [0.25, 0.3) is 33.3 Å². The minimum absolute atomic E-state index is 0.0245. The van der Waals surface area contributed by atoms with Crippen molar-refractivity contribution in [1.82, 2.24) is 19.8 Å². The number of aromatic amines is 1. The van der Waals surface area contributed by atoms with Crippen LogP contribution in [0.3, 0.4) is 0 Å². The standard InChI is InChI=1S/C46H46N6O4/c1-2-3-26-51(42(54)28-32-11-6-4-7-12-32)31-41(53)48-36-18-16-35(17-19-36)45-44(34-22-24-47-25-23-34)38-30-37(20-21-39(38)50-45)49-46(56)40-15-10-27-52(40)43(55)29-33-13-8-5-9-14-33/h4-9,11-14,16-25,30,40,50H,2-3,10,15,26-29,31H2,1H3,(H,48,53)(H,49,56). The molecular formula is C46H46N6O4. The molecule has 6 aromatic rings. The maximum Gasteiger partial charge on any atom is 0.247 e. The lowest BCUT2D eigenvalue weighted by atomic mass is 9.99. The van der Waals surface area contributed by atoms with E-state index in [1.807, 2.05) is 115 Å². The first-order chi connectivity index (χ1) is 27.4. The highest BCUT2D eigenvalue weighted by atomic mass is 16.2. The Balaban J connectivity index is 1.07. The van der Waals surface area contributed by atoms with Gasteiger partial charge < -0.3 is 25.4 Å². The molecule has 1 aliphatic heterocycles. The molecule has 0 radical (unpaired) electrons. The average Bonchev–Trinajstić information content (AvgIpc) is 3.87. The summed E-state index contributed by atoms with van der Waals surface area (Å²) in [6, 6.07) is 35.9. The zero-order valence-corrected chi connectivity index (χ0v) is 31.5. The van der Waals surface area contributed by atoms with Crippen molar-refractivity contribution in [2.75, 3.05) is 30.3 Å². The first-order valence-electron chi connectivity index (χ1n) is 19.3. The smallest absolute Gasteiger partial charge is 0.247 e. The second-order valence-corrected chi connectivity index (χ2v) is 14.2. The number of amides is 4. The summed E-state index contributed by atoms with van der Waals surface area (Å²) in [5.41, 5.74) is 7.66. The second-order valence-electron chi connectivity index (χ2n) is 14.2. The lowest BCUT2D eigenvalue weighted by Crippen LogP contribution is -2.43. The van der Waals surface area contributed by atoms with Gasteiger partial charge in [-0.05, 0) is 84.0 Å². The van der Waals surface area contributed by atoms with Gasteiger partial charge in [0.2, 0.25) is 23.6 Å². The van der Waals surface area contributed by atoms with Crippen LogP contribution in [0.5, 0.6) is 0 Å². The van der Waals surface area contributed by atoms with Crippen molar-refractivity contribution in [1.29, 1.82) is 0 Å². The summed E-state index contributed by atoms with van der Waals surface area (Å²) in [6.07, 6.45) is 7.13. The third kappa shape index (κ3) is 9.03. The highest BCUT2D eigenvalue weighted by Gasteiger charge is 2.34. The van der Waals surface area contributed by atoms with E-state index >= 15 is 0 Å². The van der Waals surface area contributed by atoms with Crippen LogP contribution >= 0.6 is 0 Å². The summed E-state index contributed by atoms with van der Waals surface area (Å²) in [5.74, 6) is -0.576. The van der Waals surface area contributed by atoms with Crippen LogP contribution in [-0.2, 0) is 32.0 Å². The van der Waals surface area contributed by atoms with E-state index in [9.17, 15) is 19.2 Å². The predicted octanol–water partition coefficient (Wildman–Crippen LogP) is 7.88. The van der Waals surface area contributed by atoms with E-state index in [1.54, 1.807) is 22.2 Å². The molecule has 1 unspecified atom stereocenters. The molecule has 7 rings (SSSR count). The van der Waals surface area contributed by atoms with Gasteiger partial charge in [0.1, 0.15) is 6.04 Å². The molecular weight excluding hydrogens is 701 g/mol. The van der Waals surface area contributed by atoms with Crippen molar-refractivity contribution in [2.24, 2.45) is 0 Å². The van der Waals surface area contributed by atoms with Gasteiger partial charge in [0.25, 0.3) is 0 Å². The van der Waals surface area contributed by atoms with Crippen LogP contribution in [0.15, 0.2) is 128 Å². The Kier molecular flexibility index (Phi) is 11.9. The molecule has 0 spiro atoms. The van der Waals surface area contributed by atoms with Gasteiger partial charge in [-0.1, -0.05) is 86.1 Å². The summed E-state index contributed by atoms with van der Waals surface area (Å²) < 4.78 is 0. The lowest BCUT2D eigenvalue weighted by Gasteiger charge is -2.24. The molecule has 3 heterocycles. The number of likely N-dealkylation sites (tertiary alicyclic amines) is 1. The van der Waals surface area contributed by atoms with Crippen molar-refractivity contribution in [2.45, 2.75) is 51.5 Å². The highest BCUT2D eigenvalue weighted by molar-refractivity contribution is 6.07. The summed E-state index contributed by atoms with van der Waals surface area (Å²) in [5, 5.41) is 6.99. The molecule has 56 heavy (non-hydrogen) atoms. The van der Waals surface area contributed by atoms with E-state index in [4.69, 9.17) is 0 Å². The number of carbonyl (C=O) groups is 4. The number of benzene rings is 4. The van der Waals surface area contributed by atoms with Gasteiger partial charge in [-0.2, -0.15) is 0 Å². The number of aromatic nitrogens is 2. The van der Waals surface area contributed by atoms with E-state index in [2.05, 4.69) is 27.5 Å². The molecule has 10 heteroatoms. The van der Waals surface area contributed by atoms with E-state index in [-0.39, 0.29) is 43.0 Å². The Morgan fingerprint density at radius 3 is 2.16 bits per heavy atom. The fourth-order valence-electron chi connectivity index (χ4n) is 7.36. The molecule has 4 aromatic carbocycles. The number of rotatable bonds is 14. The molecule has 0 bridgehead atoms. The number of hydrogen-bond acceptors (Lipinski definition) is 5. The normalized spacial score (nSPS) is 13.7. The van der Waals surface area contributed by atoms with Crippen LogP contribution < -0.4 is 10.6 Å². The minimum Gasteiger partial charge on any atom is -0.354 e. The number of pyridine rings is 1. The Bertz CT molecular complexity index is 2290. The lowest BCUT2D eigenvalue weighted by molar-refractivity contribution is -0.136. The zero-order chi connectivity index (χ0) is 38.9. The third-order valence-corrected chi connectivity index (χ3v) is 10.2. The second kappa shape index (κ2) is 17.7. The molecule has 0 saturated carbocycles. The van der Waals surface area contributed by atoms with Crippen molar-refractivity contribution >= 4 is 45.9 Å². The summed E-state index contributed by atoms with van der Waals surface area (Å²) in [6.45, 7) is 3.12. The van der Waals surface area contributed by atoms with Crippen LogP contribution in [0, 0.1) is 0 Å². The van der Waals surface area contributed by atoms with Crippen molar-refractivity contribution in [3.63, 3.8) is 0 Å². The number of nitrogens with zero attached hydrogens (tertiary/aromatic N) is 3. The molecule has 0 aliphatic carbocycles. The van der Waals surface area contributed by atoms with Crippen LogP contribution in [0.2, 0.25) is 0 Å². The zero-order valence-electron chi connectivity index (χ0n) is 31.5. The number of H-pyrrole nitrogens is 1. The maximum atomic E-state index is 13.7. The Hall–Kier alpha value is -6.55. The van der Waals surface area contributed by atoms with Crippen LogP contribution in [0.1, 0.15) is 43.7 Å². The number of unbranched alkanes of at least 4 members (excludes halogenated alkanes) is 1. The maximum absolute atomic E-state index is 13.7. The number of hydrogen-bond donors (Lipinski definition) is 3. The highest BCUT2D eigenvalue weighted by Crippen LogP contribution is 2.39. The molecule has 284 valence electrons. The van der Waals surface area contributed by atoms with E-state index < -0.39 is 6.04 Å². The van der Waals surface area contributed by atoms with Gasteiger partial charge in [-0.3, -0.25) is 24.2 Å². The van der Waals surface area contributed by atoms with Gasteiger partial charge in [-0.25, -0.2) is 0 Å². The summed E-state index contributed by atoms with van der Waals surface area (Å²) in [7, 11) is 0. The van der Waals surface area contributed by atoms with E-state index in [1.165, 1.54) is 0 Å². The molecule has 2 aromatic heterocycles. The Morgan fingerprint density at radius 1 is 0.786 bits per heavy atom. The average molecular weight is 747 g/mol. The van der Waals surface area contributed by atoms with Gasteiger partial charge in [0.05, 0.1) is 25.1 Å². The number of fused-ring (bicyclic) bond motifs is 1. The molecule has 10 nitrogen and oxygen atoms in total. The number of carbonyl (C=O) groups excluding carboxylic acids is 4. The number of anilines is 2. The first kappa shape index (κ1) is 37.8. The topological polar surface area (TPSA) is 128 Å². The predicted molar refractivity (Wildman–Crippen MR) is 221 cm³/mol. The molecule has 3 N–H and O–H groups in total. The largest absolute Gasteiger partial charge is 0.354 e. The summed E-state index contributed by atoms with van der Waals surface area (Å²) in [4.78, 5) is 64.4. The molecule has 1 atom stereocenters. The van der Waals surface area contributed by atoms with Gasteiger partial charge in [-0.15, -0.1) is 0 Å². The molecule has 1 aliphatic rings. The monoisotopic (exact) mass is 746 g/mol. The first-order valence-corrected chi connectivity index (χ1v) is 19.3. The number of nitrogens with one attached hydrogen (secondary N) is 3. The SMILES string of the molecule is CCCCN(CC(=O)Nc1ccc(-c2[nH]c3ccc(NC(=O)C4CCCN4C(=O)Cc4ccccc4)cc3c2-c2ccncc2)cc1)C(=O)Cc1ccccc1. The Labute approximate surface area is 327 Å². The summed E-state index contributed by atoms with van der Waals surface area (Å²) >= 11 is 0. The molecule has 1 fully saturated rings. The van der Waals surface area contributed by atoms with Crippen LogP contribution in [0.4, 0.5) is 11.4 Å². The van der Waals surface area contributed by atoms with Crippen molar-refractivity contribution < 1.29 is 19.2 Å².